The highest BCUT2D eigenvalue weighted by Gasteiger charge is 2.37. The van der Waals surface area contributed by atoms with E-state index >= 15 is 0 Å². The lowest BCUT2D eigenvalue weighted by molar-refractivity contribution is -0.122. The number of anilines is 1. The maximum absolute atomic E-state index is 12.4. The van der Waals surface area contributed by atoms with Gasteiger partial charge in [0, 0.05) is 18.8 Å². The van der Waals surface area contributed by atoms with Gasteiger partial charge in [0.05, 0.1) is 11.2 Å². The number of aryl methyl sites for hydroxylation is 1. The van der Waals surface area contributed by atoms with Crippen LogP contribution < -0.4 is 16.6 Å². The number of carbonyl (C=O) groups excluding carboxylic acids is 1. The smallest absolute Gasteiger partial charge is 0.250 e. The Hall–Kier alpha value is -1.62. The van der Waals surface area contributed by atoms with E-state index in [0.717, 1.165) is 19.3 Å². The zero-order valence-corrected chi connectivity index (χ0v) is 12.2. The molecule has 110 valence electrons. The first-order valence-corrected chi connectivity index (χ1v) is 7.25. The van der Waals surface area contributed by atoms with Crippen LogP contribution >= 0.6 is 0 Å². The summed E-state index contributed by atoms with van der Waals surface area (Å²) < 4.78 is 1.56. The van der Waals surface area contributed by atoms with E-state index in [0.29, 0.717) is 24.6 Å². The molecule has 1 saturated carbocycles. The van der Waals surface area contributed by atoms with Crippen molar-refractivity contribution in [1.82, 2.24) is 4.57 Å². The van der Waals surface area contributed by atoms with Crippen molar-refractivity contribution in [1.29, 1.82) is 0 Å². The van der Waals surface area contributed by atoms with Crippen molar-refractivity contribution in [2.45, 2.75) is 51.6 Å². The van der Waals surface area contributed by atoms with Crippen LogP contribution in [0.3, 0.4) is 0 Å². The summed E-state index contributed by atoms with van der Waals surface area (Å²) in [4.78, 5) is 23.9. The standard InChI is InChI=1S/C15H23N3O2/c1-3-18-10-12(6-7-13(18)19)17-14(20)15(16)8-4-5-11(2)9-15/h6-7,10-11H,3-5,8-9,16H2,1-2H3,(H,17,20). The van der Waals surface area contributed by atoms with Crippen molar-refractivity contribution in [2.24, 2.45) is 11.7 Å². The third-order valence-electron chi connectivity index (χ3n) is 4.07. The molecule has 0 aliphatic heterocycles. The molecule has 20 heavy (non-hydrogen) atoms. The van der Waals surface area contributed by atoms with Gasteiger partial charge in [0.15, 0.2) is 0 Å². The highest BCUT2D eigenvalue weighted by Crippen LogP contribution is 2.31. The minimum Gasteiger partial charge on any atom is -0.323 e. The van der Waals surface area contributed by atoms with E-state index in [1.54, 1.807) is 16.8 Å². The lowest BCUT2D eigenvalue weighted by Crippen LogP contribution is -2.53. The molecule has 2 unspecified atom stereocenters. The number of aromatic nitrogens is 1. The first-order valence-electron chi connectivity index (χ1n) is 7.25. The van der Waals surface area contributed by atoms with Crippen LogP contribution in [0.5, 0.6) is 0 Å². The normalized spacial score (nSPS) is 26.2. The summed E-state index contributed by atoms with van der Waals surface area (Å²) in [5, 5.41) is 2.85. The second-order valence-electron chi connectivity index (χ2n) is 5.85. The third kappa shape index (κ3) is 3.10. The molecule has 1 aromatic rings. The Kier molecular flexibility index (Phi) is 4.28. The van der Waals surface area contributed by atoms with Crippen LogP contribution in [0.1, 0.15) is 39.5 Å². The molecule has 2 rings (SSSR count). The average molecular weight is 277 g/mol. The van der Waals surface area contributed by atoms with E-state index in [1.165, 1.54) is 6.07 Å². The summed E-state index contributed by atoms with van der Waals surface area (Å²) >= 11 is 0. The van der Waals surface area contributed by atoms with Crippen LogP contribution in [0.4, 0.5) is 5.69 Å². The summed E-state index contributed by atoms with van der Waals surface area (Å²) in [6, 6.07) is 3.09. The highest BCUT2D eigenvalue weighted by molar-refractivity contribution is 5.97. The maximum atomic E-state index is 12.4. The molecule has 1 heterocycles. The van der Waals surface area contributed by atoms with Crippen molar-refractivity contribution < 1.29 is 4.79 Å². The summed E-state index contributed by atoms with van der Waals surface area (Å²) in [7, 11) is 0. The first kappa shape index (κ1) is 14.8. The van der Waals surface area contributed by atoms with Gasteiger partial charge in [-0.3, -0.25) is 9.59 Å². The summed E-state index contributed by atoms with van der Waals surface area (Å²) in [6.07, 6.45) is 5.21. The minimum atomic E-state index is -0.787. The zero-order valence-electron chi connectivity index (χ0n) is 12.2. The molecule has 1 aliphatic rings. The Morgan fingerprint density at radius 1 is 1.55 bits per heavy atom. The fourth-order valence-corrected chi connectivity index (χ4v) is 2.91. The van der Waals surface area contributed by atoms with Crippen molar-refractivity contribution in [3.63, 3.8) is 0 Å². The number of amides is 1. The van der Waals surface area contributed by atoms with E-state index in [-0.39, 0.29) is 11.5 Å². The van der Waals surface area contributed by atoms with Crippen LogP contribution in [-0.4, -0.2) is 16.0 Å². The molecule has 0 radical (unpaired) electrons. The van der Waals surface area contributed by atoms with Crippen molar-refractivity contribution in [2.75, 3.05) is 5.32 Å². The van der Waals surface area contributed by atoms with Gasteiger partial charge in [0.2, 0.25) is 5.91 Å². The van der Waals surface area contributed by atoms with Gasteiger partial charge in [0.1, 0.15) is 0 Å². The molecule has 0 saturated heterocycles. The number of nitrogens with zero attached hydrogens (tertiary/aromatic N) is 1. The second kappa shape index (κ2) is 5.79. The van der Waals surface area contributed by atoms with Gasteiger partial charge < -0.3 is 15.6 Å². The Bertz CT molecular complexity index is 552. The highest BCUT2D eigenvalue weighted by atomic mass is 16.2. The molecule has 1 aliphatic carbocycles. The second-order valence-corrected chi connectivity index (χ2v) is 5.85. The van der Waals surface area contributed by atoms with E-state index in [9.17, 15) is 9.59 Å². The SMILES string of the molecule is CCn1cc(NC(=O)C2(N)CCCC(C)C2)ccc1=O. The van der Waals surface area contributed by atoms with Crippen molar-refractivity contribution in [3.8, 4) is 0 Å². The van der Waals surface area contributed by atoms with Crippen LogP contribution in [0, 0.1) is 5.92 Å². The molecule has 2 atom stereocenters. The van der Waals surface area contributed by atoms with E-state index < -0.39 is 5.54 Å². The number of rotatable bonds is 3. The lowest BCUT2D eigenvalue weighted by atomic mass is 9.76. The van der Waals surface area contributed by atoms with Crippen LogP contribution in [0.15, 0.2) is 23.1 Å². The number of hydrogen-bond acceptors (Lipinski definition) is 3. The molecular weight excluding hydrogens is 254 g/mol. The number of nitrogens with one attached hydrogen (secondary N) is 1. The van der Waals surface area contributed by atoms with Gasteiger partial charge in [-0.25, -0.2) is 0 Å². The van der Waals surface area contributed by atoms with Gasteiger partial charge in [0.25, 0.3) is 5.56 Å². The van der Waals surface area contributed by atoms with Gasteiger partial charge in [-0.05, 0) is 31.7 Å². The largest absolute Gasteiger partial charge is 0.323 e. The molecule has 0 aromatic carbocycles. The summed E-state index contributed by atoms with van der Waals surface area (Å²) in [6.45, 7) is 4.60. The molecule has 1 fully saturated rings. The molecule has 0 bridgehead atoms. The zero-order chi connectivity index (χ0) is 14.8. The fraction of sp³-hybridized carbons (Fsp3) is 0.600. The van der Waals surface area contributed by atoms with Crippen molar-refractivity contribution >= 4 is 11.6 Å². The quantitative estimate of drug-likeness (QED) is 0.883. The molecule has 1 amide bonds. The Morgan fingerprint density at radius 3 is 2.95 bits per heavy atom. The Morgan fingerprint density at radius 2 is 2.30 bits per heavy atom. The number of carbonyl (C=O) groups is 1. The lowest BCUT2D eigenvalue weighted by Gasteiger charge is -2.35. The average Bonchev–Trinajstić information content (AvgIpc) is 2.40. The topological polar surface area (TPSA) is 77.1 Å². The van der Waals surface area contributed by atoms with Crippen LogP contribution in [0.2, 0.25) is 0 Å². The fourth-order valence-electron chi connectivity index (χ4n) is 2.91. The predicted molar refractivity (Wildman–Crippen MR) is 79.6 cm³/mol. The number of nitrogens with two attached hydrogens (primary N) is 1. The van der Waals surface area contributed by atoms with E-state index in [1.807, 2.05) is 6.92 Å². The maximum Gasteiger partial charge on any atom is 0.250 e. The van der Waals surface area contributed by atoms with Gasteiger partial charge in [-0.2, -0.15) is 0 Å². The monoisotopic (exact) mass is 277 g/mol. The molecular formula is C15H23N3O2. The van der Waals surface area contributed by atoms with E-state index in [2.05, 4.69) is 12.2 Å². The summed E-state index contributed by atoms with van der Waals surface area (Å²) in [5.74, 6) is 0.328. The molecule has 1 aromatic heterocycles. The van der Waals surface area contributed by atoms with Gasteiger partial charge in [-0.15, -0.1) is 0 Å². The number of pyridine rings is 1. The molecule has 0 spiro atoms. The van der Waals surface area contributed by atoms with Gasteiger partial charge >= 0.3 is 0 Å². The third-order valence-corrected chi connectivity index (χ3v) is 4.07. The Labute approximate surface area is 119 Å². The first-order chi connectivity index (χ1) is 9.44. The minimum absolute atomic E-state index is 0.0701. The summed E-state index contributed by atoms with van der Waals surface area (Å²) in [5.41, 5.74) is 6.03. The van der Waals surface area contributed by atoms with E-state index in [4.69, 9.17) is 5.73 Å². The van der Waals surface area contributed by atoms with Gasteiger partial charge in [-0.1, -0.05) is 19.8 Å². The molecule has 5 heteroatoms. The molecule has 5 nitrogen and oxygen atoms in total. The predicted octanol–water partition coefficient (Wildman–Crippen LogP) is 1.71. The molecule has 3 N–H and O–H groups in total. The van der Waals surface area contributed by atoms with Crippen LogP contribution in [0.25, 0.3) is 0 Å². The number of hydrogen-bond donors (Lipinski definition) is 2. The van der Waals surface area contributed by atoms with Crippen LogP contribution in [-0.2, 0) is 11.3 Å². The Balaban J connectivity index is 2.13. The van der Waals surface area contributed by atoms with Crippen molar-refractivity contribution in [3.05, 3.63) is 28.7 Å².